The number of hydrogen-bond acceptors (Lipinski definition) is 4. The summed E-state index contributed by atoms with van der Waals surface area (Å²) < 4.78 is 0. The fraction of sp³-hybridized carbons (Fsp3) is 0.333. The van der Waals surface area contributed by atoms with Crippen LogP contribution in [0.1, 0.15) is 29.5 Å². The van der Waals surface area contributed by atoms with Crippen molar-refractivity contribution in [2.45, 2.75) is 19.8 Å². The summed E-state index contributed by atoms with van der Waals surface area (Å²) in [6.07, 6.45) is 8.22. The molecule has 1 saturated heterocycles. The summed E-state index contributed by atoms with van der Waals surface area (Å²) in [6, 6.07) is 12.1. The predicted molar refractivity (Wildman–Crippen MR) is 118 cm³/mol. The van der Waals surface area contributed by atoms with E-state index in [1.807, 2.05) is 29.2 Å². The van der Waals surface area contributed by atoms with Crippen LogP contribution in [0.2, 0.25) is 0 Å². The molecule has 2 aromatic heterocycles. The van der Waals surface area contributed by atoms with E-state index in [-0.39, 0.29) is 17.7 Å². The number of aromatic amines is 1. The van der Waals surface area contributed by atoms with E-state index >= 15 is 0 Å². The van der Waals surface area contributed by atoms with E-state index in [0.29, 0.717) is 38.4 Å². The number of nitrogens with zero attached hydrogens (tertiary/aromatic N) is 4. The Hall–Kier alpha value is -3.48. The van der Waals surface area contributed by atoms with Gasteiger partial charge < -0.3 is 14.8 Å². The van der Waals surface area contributed by atoms with Crippen LogP contribution in [0.4, 0.5) is 0 Å². The van der Waals surface area contributed by atoms with Gasteiger partial charge in [0.15, 0.2) is 5.82 Å². The second-order valence-corrected chi connectivity index (χ2v) is 7.81. The van der Waals surface area contributed by atoms with Crippen LogP contribution in [0, 0.1) is 5.92 Å². The Morgan fingerprint density at radius 1 is 1.13 bits per heavy atom. The van der Waals surface area contributed by atoms with Crippen molar-refractivity contribution in [2.24, 2.45) is 5.92 Å². The van der Waals surface area contributed by atoms with Gasteiger partial charge in [0.05, 0.1) is 5.92 Å². The minimum Gasteiger partial charge on any atom is -0.341 e. The maximum atomic E-state index is 13.4. The van der Waals surface area contributed by atoms with Crippen LogP contribution >= 0.6 is 0 Å². The van der Waals surface area contributed by atoms with Gasteiger partial charge >= 0.3 is 0 Å². The number of pyridine rings is 1. The Bertz CT molecular complexity index is 1020. The summed E-state index contributed by atoms with van der Waals surface area (Å²) in [7, 11) is 0. The molecule has 2 amide bonds. The molecule has 0 aliphatic carbocycles. The molecule has 1 aromatic carbocycles. The smallest absolute Gasteiger partial charge is 0.289 e. The molecule has 1 unspecified atom stereocenters. The molecule has 1 atom stereocenters. The van der Waals surface area contributed by atoms with Gasteiger partial charge in [-0.2, -0.15) is 0 Å². The number of nitrogens with one attached hydrogen (secondary N) is 1. The highest BCUT2D eigenvalue weighted by molar-refractivity contribution is 5.91. The van der Waals surface area contributed by atoms with Gasteiger partial charge in [0.25, 0.3) is 5.91 Å². The molecule has 1 fully saturated rings. The van der Waals surface area contributed by atoms with Gasteiger partial charge in [-0.05, 0) is 41.7 Å². The maximum absolute atomic E-state index is 13.4. The van der Waals surface area contributed by atoms with Crippen molar-refractivity contribution in [3.05, 3.63) is 72.6 Å². The standard InChI is InChI=1S/C24H27N5O2/c1-2-13-28-14-15-29(24(31)22-26-11-12-27-22)17-20(23(28)30)16-19-5-3-4-6-21(19)18-7-9-25-10-8-18/h3-12,20H,2,13-17H2,1H3,(H,26,27). The average Bonchev–Trinajstić information content (AvgIpc) is 3.30. The molecular formula is C24H27N5O2. The molecule has 31 heavy (non-hydrogen) atoms. The molecule has 3 heterocycles. The van der Waals surface area contributed by atoms with Crippen molar-refractivity contribution in [2.75, 3.05) is 26.2 Å². The van der Waals surface area contributed by atoms with Crippen LogP contribution in [0.3, 0.4) is 0 Å². The van der Waals surface area contributed by atoms with E-state index in [9.17, 15) is 9.59 Å². The monoisotopic (exact) mass is 417 g/mol. The number of amides is 2. The first-order chi connectivity index (χ1) is 15.2. The van der Waals surface area contributed by atoms with E-state index in [1.165, 1.54) is 0 Å². The Morgan fingerprint density at radius 3 is 2.68 bits per heavy atom. The third-order valence-electron chi connectivity index (χ3n) is 5.70. The topological polar surface area (TPSA) is 82.2 Å². The Balaban J connectivity index is 1.63. The molecular weight excluding hydrogens is 390 g/mol. The van der Waals surface area contributed by atoms with Crippen molar-refractivity contribution < 1.29 is 9.59 Å². The zero-order valence-corrected chi connectivity index (χ0v) is 17.7. The summed E-state index contributed by atoms with van der Waals surface area (Å²) in [4.78, 5) is 41.1. The van der Waals surface area contributed by atoms with Crippen LogP contribution in [-0.4, -0.2) is 62.7 Å². The van der Waals surface area contributed by atoms with E-state index < -0.39 is 0 Å². The summed E-state index contributed by atoms with van der Waals surface area (Å²) in [5, 5.41) is 0. The van der Waals surface area contributed by atoms with Crippen LogP contribution in [0.15, 0.2) is 61.2 Å². The Kier molecular flexibility index (Phi) is 6.40. The molecule has 160 valence electrons. The van der Waals surface area contributed by atoms with Crippen molar-refractivity contribution >= 4 is 11.8 Å². The lowest BCUT2D eigenvalue weighted by atomic mass is 9.91. The first-order valence-corrected chi connectivity index (χ1v) is 10.7. The van der Waals surface area contributed by atoms with Gasteiger partial charge in [-0.25, -0.2) is 4.98 Å². The van der Waals surface area contributed by atoms with E-state index in [2.05, 4.69) is 34.0 Å². The van der Waals surface area contributed by atoms with Crippen molar-refractivity contribution in [3.8, 4) is 11.1 Å². The summed E-state index contributed by atoms with van der Waals surface area (Å²) in [6.45, 7) is 4.19. The molecule has 1 aliphatic rings. The second-order valence-electron chi connectivity index (χ2n) is 7.81. The van der Waals surface area contributed by atoms with E-state index in [0.717, 1.165) is 23.1 Å². The number of imidazole rings is 1. The number of carbonyl (C=O) groups excluding carboxylic acids is 2. The highest BCUT2D eigenvalue weighted by Gasteiger charge is 2.33. The molecule has 0 spiro atoms. The van der Waals surface area contributed by atoms with Crippen molar-refractivity contribution in [1.29, 1.82) is 0 Å². The number of H-pyrrole nitrogens is 1. The summed E-state index contributed by atoms with van der Waals surface area (Å²) in [5.41, 5.74) is 3.25. The number of benzene rings is 1. The van der Waals surface area contributed by atoms with Gasteiger partial charge in [-0.1, -0.05) is 31.2 Å². The zero-order chi connectivity index (χ0) is 21.6. The molecule has 0 radical (unpaired) electrons. The number of hydrogen-bond donors (Lipinski definition) is 1. The van der Waals surface area contributed by atoms with Gasteiger partial charge in [-0.15, -0.1) is 0 Å². The second kappa shape index (κ2) is 9.55. The quantitative estimate of drug-likeness (QED) is 0.668. The van der Waals surface area contributed by atoms with Gasteiger partial charge in [0.1, 0.15) is 0 Å². The third-order valence-corrected chi connectivity index (χ3v) is 5.70. The molecule has 7 nitrogen and oxygen atoms in total. The highest BCUT2D eigenvalue weighted by atomic mass is 16.2. The first kappa shape index (κ1) is 20.8. The predicted octanol–water partition coefficient (Wildman–Crippen LogP) is 3.03. The molecule has 1 N–H and O–H groups in total. The minimum absolute atomic E-state index is 0.112. The third kappa shape index (κ3) is 4.66. The lowest BCUT2D eigenvalue weighted by molar-refractivity contribution is -0.134. The lowest BCUT2D eigenvalue weighted by Crippen LogP contribution is -2.38. The normalized spacial score (nSPS) is 16.9. The average molecular weight is 418 g/mol. The van der Waals surface area contributed by atoms with Gasteiger partial charge in [0.2, 0.25) is 5.91 Å². The SMILES string of the molecule is CCCN1CCN(C(=O)c2ncc[nH]2)CC(Cc2ccccc2-c2ccncc2)C1=O. The fourth-order valence-corrected chi connectivity index (χ4v) is 4.18. The molecule has 0 saturated carbocycles. The minimum atomic E-state index is -0.309. The van der Waals surface area contributed by atoms with Crippen LogP contribution in [-0.2, 0) is 11.2 Å². The maximum Gasteiger partial charge on any atom is 0.289 e. The van der Waals surface area contributed by atoms with Crippen molar-refractivity contribution in [3.63, 3.8) is 0 Å². The largest absolute Gasteiger partial charge is 0.341 e. The van der Waals surface area contributed by atoms with Gasteiger partial charge in [-0.3, -0.25) is 14.6 Å². The lowest BCUT2D eigenvalue weighted by Gasteiger charge is -2.24. The zero-order valence-electron chi connectivity index (χ0n) is 17.7. The fourth-order valence-electron chi connectivity index (χ4n) is 4.18. The van der Waals surface area contributed by atoms with Crippen LogP contribution in [0.25, 0.3) is 11.1 Å². The molecule has 1 aliphatic heterocycles. The molecule has 3 aromatic rings. The first-order valence-electron chi connectivity index (χ1n) is 10.7. The molecule has 0 bridgehead atoms. The van der Waals surface area contributed by atoms with E-state index in [1.54, 1.807) is 29.7 Å². The van der Waals surface area contributed by atoms with Crippen molar-refractivity contribution in [1.82, 2.24) is 24.8 Å². The molecule has 4 rings (SSSR count). The Morgan fingerprint density at radius 2 is 1.94 bits per heavy atom. The highest BCUT2D eigenvalue weighted by Crippen LogP contribution is 2.27. The summed E-state index contributed by atoms with van der Waals surface area (Å²) in [5.74, 6) is -0.0482. The summed E-state index contributed by atoms with van der Waals surface area (Å²) >= 11 is 0. The Labute approximate surface area is 182 Å². The van der Waals surface area contributed by atoms with Gasteiger partial charge in [0, 0.05) is 51.0 Å². The number of rotatable bonds is 6. The number of carbonyl (C=O) groups is 2. The van der Waals surface area contributed by atoms with Crippen LogP contribution in [0.5, 0.6) is 0 Å². The molecule has 7 heteroatoms. The number of aromatic nitrogens is 3. The van der Waals surface area contributed by atoms with E-state index in [4.69, 9.17) is 0 Å². The van der Waals surface area contributed by atoms with Crippen LogP contribution < -0.4 is 0 Å².